The third-order valence-corrected chi connectivity index (χ3v) is 3.17. The monoisotopic (exact) mass is 286 g/mol. The van der Waals surface area contributed by atoms with Crippen LogP contribution >= 0.6 is 0 Å². The summed E-state index contributed by atoms with van der Waals surface area (Å²) in [6.45, 7) is 1.39. The van der Waals surface area contributed by atoms with Crippen LogP contribution in [0.5, 0.6) is 5.88 Å². The minimum atomic E-state index is -0.508. The lowest BCUT2D eigenvalue weighted by atomic mass is 10.2. The van der Waals surface area contributed by atoms with Gasteiger partial charge in [-0.3, -0.25) is 9.59 Å². The number of carbonyl (C=O) groups excluding carboxylic acids is 2. The SMILES string of the molecule is NC(=O)c1ccc(NC(=O)c2cc3n(n2)CCCO3)cc1. The van der Waals surface area contributed by atoms with E-state index in [-0.39, 0.29) is 5.91 Å². The van der Waals surface area contributed by atoms with Crippen LogP contribution in [-0.2, 0) is 6.54 Å². The fourth-order valence-electron chi connectivity index (χ4n) is 2.09. The van der Waals surface area contributed by atoms with Crippen molar-refractivity contribution in [3.05, 3.63) is 41.6 Å². The summed E-state index contributed by atoms with van der Waals surface area (Å²) in [6, 6.07) is 7.96. The number of rotatable bonds is 3. The topological polar surface area (TPSA) is 99.2 Å². The fraction of sp³-hybridized carbons (Fsp3) is 0.214. The highest BCUT2D eigenvalue weighted by molar-refractivity contribution is 6.03. The largest absolute Gasteiger partial charge is 0.478 e. The average molecular weight is 286 g/mol. The maximum Gasteiger partial charge on any atom is 0.276 e. The number of anilines is 1. The molecule has 7 heteroatoms. The Kier molecular flexibility index (Phi) is 3.31. The van der Waals surface area contributed by atoms with Gasteiger partial charge in [-0.1, -0.05) is 0 Å². The molecule has 3 rings (SSSR count). The van der Waals surface area contributed by atoms with Gasteiger partial charge >= 0.3 is 0 Å². The van der Waals surface area contributed by atoms with Gasteiger partial charge in [-0.25, -0.2) is 4.68 Å². The van der Waals surface area contributed by atoms with Crippen LogP contribution in [-0.4, -0.2) is 28.2 Å². The maximum absolute atomic E-state index is 12.1. The molecule has 21 heavy (non-hydrogen) atoms. The van der Waals surface area contributed by atoms with Crippen LogP contribution in [0.15, 0.2) is 30.3 Å². The molecular formula is C14H14N4O3. The number of fused-ring (bicyclic) bond motifs is 1. The molecule has 2 amide bonds. The molecule has 7 nitrogen and oxygen atoms in total. The van der Waals surface area contributed by atoms with Gasteiger partial charge in [-0.15, -0.1) is 0 Å². The summed E-state index contributed by atoms with van der Waals surface area (Å²) in [5.74, 6) is -0.227. The molecule has 2 heterocycles. The Balaban J connectivity index is 1.73. The number of nitrogens with two attached hydrogens (primary N) is 1. The van der Waals surface area contributed by atoms with Crippen molar-refractivity contribution >= 4 is 17.5 Å². The van der Waals surface area contributed by atoms with Gasteiger partial charge in [0.15, 0.2) is 5.69 Å². The Bertz CT molecular complexity index is 667. The van der Waals surface area contributed by atoms with Crippen LogP contribution in [0.2, 0.25) is 0 Å². The van der Waals surface area contributed by atoms with E-state index in [9.17, 15) is 9.59 Å². The van der Waals surface area contributed by atoms with Crippen molar-refractivity contribution < 1.29 is 14.3 Å². The molecule has 0 bridgehead atoms. The first kappa shape index (κ1) is 13.2. The molecule has 1 aromatic heterocycles. The lowest BCUT2D eigenvalue weighted by Crippen LogP contribution is -2.16. The second-order valence-corrected chi connectivity index (χ2v) is 4.69. The van der Waals surface area contributed by atoms with E-state index in [1.54, 1.807) is 35.0 Å². The van der Waals surface area contributed by atoms with Crippen LogP contribution in [0.3, 0.4) is 0 Å². The van der Waals surface area contributed by atoms with Crippen molar-refractivity contribution in [3.63, 3.8) is 0 Å². The number of nitrogens with zero attached hydrogens (tertiary/aromatic N) is 2. The lowest BCUT2D eigenvalue weighted by molar-refractivity contribution is 0.0997. The number of hydrogen-bond acceptors (Lipinski definition) is 4. The first-order valence-electron chi connectivity index (χ1n) is 6.55. The molecule has 0 aliphatic carbocycles. The zero-order chi connectivity index (χ0) is 14.8. The Labute approximate surface area is 120 Å². The number of amides is 2. The molecule has 0 saturated carbocycles. The molecule has 0 saturated heterocycles. The van der Waals surface area contributed by atoms with E-state index in [4.69, 9.17) is 10.5 Å². The van der Waals surface area contributed by atoms with Crippen LogP contribution in [0, 0.1) is 0 Å². The van der Waals surface area contributed by atoms with Crippen molar-refractivity contribution in [2.24, 2.45) is 5.73 Å². The highest BCUT2D eigenvalue weighted by atomic mass is 16.5. The summed E-state index contributed by atoms with van der Waals surface area (Å²) >= 11 is 0. The summed E-state index contributed by atoms with van der Waals surface area (Å²) < 4.78 is 7.09. The normalized spacial score (nSPS) is 13.1. The second kappa shape index (κ2) is 5.28. The van der Waals surface area contributed by atoms with E-state index < -0.39 is 5.91 Å². The molecular weight excluding hydrogens is 272 g/mol. The maximum atomic E-state index is 12.1. The first-order chi connectivity index (χ1) is 10.1. The molecule has 2 aromatic rings. The Morgan fingerprint density at radius 3 is 2.71 bits per heavy atom. The molecule has 0 radical (unpaired) electrons. The van der Waals surface area contributed by atoms with Crippen LogP contribution in [0.25, 0.3) is 0 Å². The quantitative estimate of drug-likeness (QED) is 0.879. The predicted molar refractivity (Wildman–Crippen MR) is 75.3 cm³/mol. The van der Waals surface area contributed by atoms with Gasteiger partial charge in [-0.2, -0.15) is 5.10 Å². The van der Waals surface area contributed by atoms with Gasteiger partial charge in [0.25, 0.3) is 5.91 Å². The summed E-state index contributed by atoms with van der Waals surface area (Å²) in [5, 5.41) is 6.91. The van der Waals surface area contributed by atoms with E-state index in [0.29, 0.717) is 29.4 Å². The van der Waals surface area contributed by atoms with Crippen LogP contribution in [0.4, 0.5) is 5.69 Å². The average Bonchev–Trinajstić information content (AvgIpc) is 2.92. The van der Waals surface area contributed by atoms with Crippen LogP contribution < -0.4 is 15.8 Å². The molecule has 0 spiro atoms. The molecule has 0 atom stereocenters. The Morgan fingerprint density at radius 2 is 2.05 bits per heavy atom. The Hall–Kier alpha value is -2.83. The number of aryl methyl sites for hydroxylation is 1. The molecule has 1 aliphatic rings. The van der Waals surface area contributed by atoms with E-state index >= 15 is 0 Å². The number of primary amides is 1. The molecule has 0 unspecified atom stereocenters. The molecule has 1 aliphatic heterocycles. The zero-order valence-electron chi connectivity index (χ0n) is 11.2. The molecule has 1 aromatic carbocycles. The summed E-state index contributed by atoms with van der Waals surface area (Å²) in [5.41, 5.74) is 6.41. The first-order valence-corrected chi connectivity index (χ1v) is 6.55. The minimum Gasteiger partial charge on any atom is -0.478 e. The standard InChI is InChI=1S/C14H14N4O3/c15-13(19)9-2-4-10(5-3-9)16-14(20)11-8-12-18(17-11)6-1-7-21-12/h2-5,8H,1,6-7H2,(H2,15,19)(H,16,20). The third kappa shape index (κ3) is 2.71. The van der Waals surface area contributed by atoms with Gasteiger partial charge in [0.1, 0.15) is 0 Å². The van der Waals surface area contributed by atoms with E-state index in [1.165, 1.54) is 0 Å². The summed E-state index contributed by atoms with van der Waals surface area (Å²) in [6.07, 6.45) is 0.879. The smallest absolute Gasteiger partial charge is 0.276 e. The van der Waals surface area contributed by atoms with Gasteiger partial charge < -0.3 is 15.8 Å². The van der Waals surface area contributed by atoms with Crippen molar-refractivity contribution in [2.45, 2.75) is 13.0 Å². The number of ether oxygens (including phenoxy) is 1. The second-order valence-electron chi connectivity index (χ2n) is 4.69. The van der Waals surface area contributed by atoms with Gasteiger partial charge in [0, 0.05) is 30.3 Å². The van der Waals surface area contributed by atoms with Gasteiger partial charge in [0.05, 0.1) is 6.61 Å². The highest BCUT2D eigenvalue weighted by Crippen LogP contribution is 2.19. The number of aromatic nitrogens is 2. The zero-order valence-corrected chi connectivity index (χ0v) is 11.2. The number of hydrogen-bond donors (Lipinski definition) is 2. The predicted octanol–water partition coefficient (Wildman–Crippen LogP) is 1.02. The van der Waals surface area contributed by atoms with Crippen LogP contribution in [0.1, 0.15) is 27.3 Å². The number of benzene rings is 1. The summed E-state index contributed by atoms with van der Waals surface area (Å²) in [7, 11) is 0. The lowest BCUT2D eigenvalue weighted by Gasteiger charge is -2.13. The van der Waals surface area contributed by atoms with E-state index in [1.807, 2.05) is 0 Å². The van der Waals surface area contributed by atoms with Gasteiger partial charge in [0.2, 0.25) is 11.8 Å². The summed E-state index contributed by atoms with van der Waals surface area (Å²) in [4.78, 5) is 23.1. The van der Waals surface area contributed by atoms with E-state index in [2.05, 4.69) is 10.4 Å². The Morgan fingerprint density at radius 1 is 1.29 bits per heavy atom. The number of carbonyl (C=O) groups is 2. The fourth-order valence-corrected chi connectivity index (χ4v) is 2.09. The van der Waals surface area contributed by atoms with Crippen molar-refractivity contribution in [1.29, 1.82) is 0 Å². The van der Waals surface area contributed by atoms with Gasteiger partial charge in [-0.05, 0) is 24.3 Å². The van der Waals surface area contributed by atoms with Crippen molar-refractivity contribution in [2.75, 3.05) is 11.9 Å². The van der Waals surface area contributed by atoms with E-state index in [0.717, 1.165) is 13.0 Å². The third-order valence-electron chi connectivity index (χ3n) is 3.17. The highest BCUT2D eigenvalue weighted by Gasteiger charge is 2.17. The molecule has 3 N–H and O–H groups in total. The minimum absolute atomic E-state index is 0.297. The van der Waals surface area contributed by atoms with Crippen molar-refractivity contribution in [1.82, 2.24) is 9.78 Å². The molecule has 0 fully saturated rings. The molecule has 108 valence electrons. The van der Waals surface area contributed by atoms with Crippen molar-refractivity contribution in [3.8, 4) is 5.88 Å². The number of nitrogens with one attached hydrogen (secondary N) is 1.